The lowest BCUT2D eigenvalue weighted by atomic mass is 10.1. The van der Waals surface area contributed by atoms with Crippen molar-refractivity contribution < 1.29 is 9.53 Å². The number of methoxy groups -OCH3 is 1. The van der Waals surface area contributed by atoms with Crippen LogP contribution >= 0.6 is 11.8 Å². The molecule has 0 saturated carbocycles. The van der Waals surface area contributed by atoms with Gasteiger partial charge in [-0.3, -0.25) is 4.79 Å². The van der Waals surface area contributed by atoms with Gasteiger partial charge in [-0.1, -0.05) is 12.1 Å². The molecule has 118 valence electrons. The van der Waals surface area contributed by atoms with Crippen molar-refractivity contribution in [1.29, 1.82) is 0 Å². The summed E-state index contributed by atoms with van der Waals surface area (Å²) >= 11 is 1.66. The number of rotatable bonds is 7. The van der Waals surface area contributed by atoms with E-state index in [9.17, 15) is 4.79 Å². The van der Waals surface area contributed by atoms with Gasteiger partial charge in [0.1, 0.15) is 17.6 Å². The van der Waals surface area contributed by atoms with Gasteiger partial charge >= 0.3 is 0 Å². The molecule has 0 saturated heterocycles. The summed E-state index contributed by atoms with van der Waals surface area (Å²) in [6.45, 7) is 0. The number of thioether (sulfide) groups is 1. The highest BCUT2D eigenvalue weighted by atomic mass is 32.2. The van der Waals surface area contributed by atoms with Crippen LogP contribution in [-0.4, -0.2) is 34.6 Å². The van der Waals surface area contributed by atoms with Crippen LogP contribution in [0.15, 0.2) is 36.7 Å². The summed E-state index contributed by atoms with van der Waals surface area (Å²) in [6, 6.07) is 7.42. The van der Waals surface area contributed by atoms with Crippen molar-refractivity contribution in [3.63, 3.8) is 0 Å². The van der Waals surface area contributed by atoms with E-state index in [1.54, 1.807) is 25.1 Å². The molecule has 1 heterocycles. The van der Waals surface area contributed by atoms with Crippen LogP contribution in [0, 0.1) is 0 Å². The lowest BCUT2D eigenvalue weighted by molar-refractivity contribution is -0.121. The van der Waals surface area contributed by atoms with Gasteiger partial charge in [-0.25, -0.2) is 4.98 Å². The SMILES string of the molecule is COc1ccc([C@H](NC(=O)CCSC)c2nccn2C)cc1. The number of nitrogens with zero attached hydrogens (tertiary/aromatic N) is 2. The first-order valence-corrected chi connectivity index (χ1v) is 8.44. The second kappa shape index (κ2) is 7.89. The minimum Gasteiger partial charge on any atom is -0.497 e. The highest BCUT2D eigenvalue weighted by Gasteiger charge is 2.20. The van der Waals surface area contributed by atoms with Crippen molar-refractivity contribution in [1.82, 2.24) is 14.9 Å². The van der Waals surface area contributed by atoms with Crippen molar-refractivity contribution in [2.45, 2.75) is 12.5 Å². The van der Waals surface area contributed by atoms with E-state index < -0.39 is 0 Å². The van der Waals surface area contributed by atoms with Gasteiger partial charge in [0.15, 0.2) is 0 Å². The topological polar surface area (TPSA) is 56.1 Å². The molecule has 1 aromatic carbocycles. The fraction of sp³-hybridized carbons (Fsp3) is 0.375. The quantitative estimate of drug-likeness (QED) is 0.851. The molecule has 0 spiro atoms. The third kappa shape index (κ3) is 4.04. The Labute approximate surface area is 135 Å². The molecular weight excluding hydrogens is 298 g/mol. The highest BCUT2D eigenvalue weighted by Crippen LogP contribution is 2.23. The Morgan fingerprint density at radius 1 is 1.41 bits per heavy atom. The molecule has 0 fully saturated rings. The summed E-state index contributed by atoms with van der Waals surface area (Å²) in [5.74, 6) is 2.43. The second-order valence-electron chi connectivity index (χ2n) is 4.91. The van der Waals surface area contributed by atoms with Crippen LogP contribution < -0.4 is 10.1 Å². The van der Waals surface area contributed by atoms with Gasteiger partial charge in [0.2, 0.25) is 5.91 Å². The van der Waals surface area contributed by atoms with Crippen molar-refractivity contribution in [3.05, 3.63) is 48.0 Å². The Morgan fingerprint density at radius 3 is 2.68 bits per heavy atom. The number of benzene rings is 1. The summed E-state index contributed by atoms with van der Waals surface area (Å²) in [5, 5.41) is 3.07. The number of amides is 1. The van der Waals surface area contributed by atoms with E-state index in [0.29, 0.717) is 6.42 Å². The average Bonchev–Trinajstić information content (AvgIpc) is 2.96. The minimum absolute atomic E-state index is 0.0261. The summed E-state index contributed by atoms with van der Waals surface area (Å²) in [5.41, 5.74) is 0.979. The average molecular weight is 319 g/mol. The van der Waals surface area contributed by atoms with Crippen LogP contribution in [0.2, 0.25) is 0 Å². The van der Waals surface area contributed by atoms with Gasteiger partial charge in [0, 0.05) is 31.6 Å². The lowest BCUT2D eigenvalue weighted by Crippen LogP contribution is -2.31. The molecule has 0 aliphatic carbocycles. The molecule has 0 unspecified atom stereocenters. The first kappa shape index (κ1) is 16.4. The van der Waals surface area contributed by atoms with Crippen LogP contribution in [0.4, 0.5) is 0 Å². The van der Waals surface area contributed by atoms with E-state index in [1.807, 2.05) is 48.3 Å². The van der Waals surface area contributed by atoms with Crippen LogP contribution in [0.25, 0.3) is 0 Å². The maximum absolute atomic E-state index is 12.1. The fourth-order valence-corrected chi connectivity index (χ4v) is 2.57. The largest absolute Gasteiger partial charge is 0.497 e. The third-order valence-electron chi connectivity index (χ3n) is 3.40. The molecule has 2 aromatic rings. The van der Waals surface area contributed by atoms with E-state index in [0.717, 1.165) is 22.9 Å². The van der Waals surface area contributed by atoms with Gasteiger partial charge < -0.3 is 14.6 Å². The maximum Gasteiger partial charge on any atom is 0.221 e. The van der Waals surface area contributed by atoms with Crippen LogP contribution in [-0.2, 0) is 11.8 Å². The van der Waals surface area contributed by atoms with Crippen molar-refractivity contribution in [2.24, 2.45) is 7.05 Å². The molecule has 1 N–H and O–H groups in total. The number of imidazole rings is 1. The summed E-state index contributed by atoms with van der Waals surface area (Å²) < 4.78 is 7.11. The van der Waals surface area contributed by atoms with Gasteiger partial charge in [-0.05, 0) is 24.0 Å². The number of nitrogens with one attached hydrogen (secondary N) is 1. The van der Waals surface area contributed by atoms with E-state index in [1.165, 1.54) is 0 Å². The van der Waals surface area contributed by atoms with E-state index in [-0.39, 0.29) is 11.9 Å². The number of carbonyl (C=O) groups excluding carboxylic acids is 1. The number of aromatic nitrogens is 2. The predicted octanol–water partition coefficient (Wildman–Crippen LogP) is 2.39. The van der Waals surface area contributed by atoms with Gasteiger partial charge in [-0.15, -0.1) is 0 Å². The smallest absolute Gasteiger partial charge is 0.221 e. The van der Waals surface area contributed by atoms with E-state index in [4.69, 9.17) is 4.74 Å². The first-order chi connectivity index (χ1) is 10.7. The lowest BCUT2D eigenvalue weighted by Gasteiger charge is -2.19. The highest BCUT2D eigenvalue weighted by molar-refractivity contribution is 7.98. The normalized spacial score (nSPS) is 12.0. The van der Waals surface area contributed by atoms with Gasteiger partial charge in [0.25, 0.3) is 0 Å². The molecule has 0 aliphatic rings. The maximum atomic E-state index is 12.1. The zero-order valence-corrected chi connectivity index (χ0v) is 13.9. The standard InChI is InChI=1S/C16H21N3O2S/c1-19-10-9-17-16(19)15(18-14(20)8-11-22-3)12-4-6-13(21-2)7-5-12/h4-7,9-10,15H,8,11H2,1-3H3,(H,18,20)/t15-/m0/s1. The van der Waals surface area contributed by atoms with E-state index >= 15 is 0 Å². The molecular formula is C16H21N3O2S. The van der Waals surface area contributed by atoms with E-state index in [2.05, 4.69) is 10.3 Å². The summed E-state index contributed by atoms with van der Waals surface area (Å²) in [4.78, 5) is 16.5. The molecule has 1 atom stereocenters. The minimum atomic E-state index is -0.264. The Hall–Kier alpha value is -1.95. The molecule has 6 heteroatoms. The molecule has 5 nitrogen and oxygen atoms in total. The van der Waals surface area contributed by atoms with Crippen LogP contribution in [0.3, 0.4) is 0 Å². The Morgan fingerprint density at radius 2 is 2.14 bits per heavy atom. The second-order valence-corrected chi connectivity index (χ2v) is 5.90. The first-order valence-electron chi connectivity index (χ1n) is 7.05. The van der Waals surface area contributed by atoms with Crippen LogP contribution in [0.5, 0.6) is 5.75 Å². The van der Waals surface area contributed by atoms with Gasteiger partial charge in [-0.2, -0.15) is 11.8 Å². The monoisotopic (exact) mass is 319 g/mol. The molecule has 0 bridgehead atoms. The van der Waals surface area contributed by atoms with Gasteiger partial charge in [0.05, 0.1) is 7.11 Å². The number of aryl methyl sites for hydroxylation is 1. The molecule has 0 radical (unpaired) electrons. The molecule has 1 aromatic heterocycles. The van der Waals surface area contributed by atoms with Crippen molar-refractivity contribution >= 4 is 17.7 Å². The Balaban J connectivity index is 2.25. The van der Waals surface area contributed by atoms with Crippen molar-refractivity contribution in [2.75, 3.05) is 19.1 Å². The summed E-state index contributed by atoms with van der Waals surface area (Å²) in [7, 11) is 3.56. The number of hydrogen-bond acceptors (Lipinski definition) is 4. The zero-order chi connectivity index (χ0) is 15.9. The zero-order valence-electron chi connectivity index (χ0n) is 13.1. The number of ether oxygens (including phenoxy) is 1. The van der Waals surface area contributed by atoms with Crippen LogP contribution in [0.1, 0.15) is 23.9 Å². The number of carbonyl (C=O) groups is 1. The predicted molar refractivity (Wildman–Crippen MR) is 89.2 cm³/mol. The number of hydrogen-bond donors (Lipinski definition) is 1. The molecule has 22 heavy (non-hydrogen) atoms. The van der Waals surface area contributed by atoms with Crippen molar-refractivity contribution in [3.8, 4) is 5.75 Å². The molecule has 1 amide bonds. The Bertz CT molecular complexity index is 610. The summed E-state index contributed by atoms with van der Waals surface area (Å²) in [6.07, 6.45) is 6.10. The third-order valence-corrected chi connectivity index (χ3v) is 4.02. The molecule has 2 rings (SSSR count). The fourth-order valence-electron chi connectivity index (χ4n) is 2.18. The Kier molecular flexibility index (Phi) is 5.89. The molecule has 0 aliphatic heterocycles.